The third-order valence-electron chi connectivity index (χ3n) is 9.87. The van der Waals surface area contributed by atoms with E-state index in [2.05, 4.69) is 6.92 Å². The lowest BCUT2D eigenvalue weighted by Crippen LogP contribution is -2.60. The van der Waals surface area contributed by atoms with Crippen LogP contribution in [-0.2, 0) is 19.1 Å². The first-order chi connectivity index (χ1) is 24.4. The van der Waals surface area contributed by atoms with Gasteiger partial charge in [0.15, 0.2) is 0 Å². The number of benzene rings is 2. The molecular formula is C41H56F2NO6S-. The van der Waals surface area contributed by atoms with E-state index in [1.54, 1.807) is 6.08 Å². The van der Waals surface area contributed by atoms with E-state index in [0.29, 0.717) is 38.5 Å². The number of carboxylic acid groups (broad SMARTS) is 1. The molecule has 1 aliphatic rings. The Balaban J connectivity index is 1.82. The average Bonchev–Trinajstić information content (AvgIpc) is 3.44. The number of rotatable bonds is 23. The molecule has 3 rings (SSSR count). The first-order valence-corrected chi connectivity index (χ1v) is 19.3. The van der Waals surface area contributed by atoms with Crippen LogP contribution >= 0.6 is 11.8 Å². The number of ether oxygens (including phenoxy) is 1. The van der Waals surface area contributed by atoms with Gasteiger partial charge in [0.05, 0.1) is 22.7 Å². The summed E-state index contributed by atoms with van der Waals surface area (Å²) in [5, 5.41) is 23.6. The third kappa shape index (κ3) is 11.0. The van der Waals surface area contributed by atoms with Crippen LogP contribution in [0.2, 0.25) is 0 Å². The van der Waals surface area contributed by atoms with Crippen molar-refractivity contribution in [3.05, 3.63) is 83.9 Å². The summed E-state index contributed by atoms with van der Waals surface area (Å²) in [6.45, 7) is 5.75. The number of alkyl halides is 2. The summed E-state index contributed by atoms with van der Waals surface area (Å²) in [5.74, 6) is -7.25. The fraction of sp³-hybridized carbons (Fsp3) is 0.585. The number of carboxylic acids is 1. The normalized spacial score (nSPS) is 18.0. The molecule has 0 aromatic heterocycles. The molecule has 1 fully saturated rings. The topological polar surface area (TPSA) is 107 Å². The van der Waals surface area contributed by atoms with Crippen LogP contribution in [0.1, 0.15) is 115 Å². The molecule has 3 atom stereocenters. The maximum Gasteiger partial charge on any atom is 0.289 e. The summed E-state index contributed by atoms with van der Waals surface area (Å²) < 4.78 is 32.7. The number of amides is 2. The van der Waals surface area contributed by atoms with E-state index >= 15 is 0 Å². The van der Waals surface area contributed by atoms with E-state index in [0.717, 1.165) is 53.5 Å². The van der Waals surface area contributed by atoms with Gasteiger partial charge < -0.3 is 19.7 Å². The molecule has 1 heterocycles. The predicted molar refractivity (Wildman–Crippen MR) is 197 cm³/mol. The molecule has 1 N–H and O–H groups in total. The number of aliphatic hydroxyl groups is 1. The number of nitrogens with zero attached hydrogens (tertiary/aromatic N) is 1. The zero-order chi connectivity index (χ0) is 37.5. The molecule has 2 amide bonds. The molecule has 0 bridgehead atoms. The first kappa shape index (κ1) is 42.3. The Kier molecular flexibility index (Phi) is 16.8. The summed E-state index contributed by atoms with van der Waals surface area (Å²) in [4.78, 5) is 42.4. The summed E-state index contributed by atoms with van der Waals surface area (Å²) in [6, 6.07) is 18.2. The highest BCUT2D eigenvalue weighted by Gasteiger charge is 2.59. The number of carbonyl (C=O) groups excluding carboxylic acids is 3. The largest absolute Gasteiger partial charge is 0.547 e. The van der Waals surface area contributed by atoms with E-state index < -0.39 is 51.8 Å². The highest BCUT2D eigenvalue weighted by molar-refractivity contribution is 8.15. The number of halogens is 2. The molecule has 1 saturated heterocycles. The highest BCUT2D eigenvalue weighted by Crippen LogP contribution is 2.56. The standard InChI is InChI=1S/C41H57F2NO6S/c1-5-6-7-11-20-27-39(42,43)28-21-12-9-8-10-19-26-34(40(49,37(46)47)29-30-50-4)36(45)44-35(31(2)3)41(51-38(44)48,32-22-15-13-16-23-32)33-24-17-14-18-25-33/h13-19,22-26,31,34-35,49H,5-12,20-21,27-30H2,1-4H3,(H,46,47)/p-1/b26-19+/t34-,35+,40+/m1/s1. The van der Waals surface area contributed by atoms with Crippen molar-refractivity contribution in [3.8, 4) is 0 Å². The smallest absolute Gasteiger partial charge is 0.289 e. The van der Waals surface area contributed by atoms with Gasteiger partial charge in [0.2, 0.25) is 11.8 Å². The fourth-order valence-corrected chi connectivity index (χ4v) is 8.70. The molecule has 0 spiro atoms. The second-order valence-corrected chi connectivity index (χ2v) is 15.3. The van der Waals surface area contributed by atoms with Gasteiger partial charge in [0.25, 0.3) is 5.24 Å². The Morgan fingerprint density at radius 3 is 1.94 bits per heavy atom. The van der Waals surface area contributed by atoms with Crippen molar-refractivity contribution in [2.24, 2.45) is 11.8 Å². The molecular weight excluding hydrogens is 673 g/mol. The lowest BCUT2D eigenvalue weighted by molar-refractivity contribution is -0.328. The molecule has 2 aromatic carbocycles. The Hall–Kier alpha value is -3.08. The second-order valence-electron chi connectivity index (χ2n) is 14.1. The summed E-state index contributed by atoms with van der Waals surface area (Å²) in [5.41, 5.74) is -1.03. The Morgan fingerprint density at radius 2 is 1.45 bits per heavy atom. The van der Waals surface area contributed by atoms with Crippen molar-refractivity contribution in [2.75, 3.05) is 13.7 Å². The molecule has 2 aromatic rings. The van der Waals surface area contributed by atoms with Gasteiger partial charge in [-0.15, -0.1) is 0 Å². The van der Waals surface area contributed by atoms with Crippen LogP contribution in [0, 0.1) is 11.8 Å². The van der Waals surface area contributed by atoms with Crippen LogP contribution in [0.5, 0.6) is 0 Å². The van der Waals surface area contributed by atoms with E-state index in [9.17, 15) is 33.4 Å². The molecule has 0 unspecified atom stereocenters. The van der Waals surface area contributed by atoms with E-state index in [-0.39, 0.29) is 25.4 Å². The summed E-state index contributed by atoms with van der Waals surface area (Å²) >= 11 is 1.01. The number of unbranched alkanes of at least 4 members (excludes halogenated alkanes) is 8. The lowest BCUT2D eigenvalue weighted by Gasteiger charge is -2.42. The number of carbonyl (C=O) groups is 3. The maximum atomic E-state index is 14.6. The number of hydrogen-bond acceptors (Lipinski definition) is 7. The van der Waals surface area contributed by atoms with Gasteiger partial charge in [-0.2, -0.15) is 0 Å². The Morgan fingerprint density at radius 1 is 0.922 bits per heavy atom. The van der Waals surface area contributed by atoms with Gasteiger partial charge in [-0.3, -0.25) is 14.5 Å². The number of aliphatic carboxylic acids is 1. The zero-order valence-corrected chi connectivity index (χ0v) is 31.5. The first-order valence-electron chi connectivity index (χ1n) is 18.5. The van der Waals surface area contributed by atoms with Gasteiger partial charge in [-0.05, 0) is 54.5 Å². The number of thioether (sulfide) groups is 1. The van der Waals surface area contributed by atoms with Crippen molar-refractivity contribution < 1.29 is 38.1 Å². The van der Waals surface area contributed by atoms with E-state index in [1.807, 2.05) is 74.5 Å². The van der Waals surface area contributed by atoms with Crippen molar-refractivity contribution in [2.45, 2.75) is 127 Å². The summed E-state index contributed by atoms with van der Waals surface area (Å²) in [7, 11) is 1.36. The quantitative estimate of drug-likeness (QED) is 0.0902. The van der Waals surface area contributed by atoms with Crippen LogP contribution in [0.4, 0.5) is 13.6 Å². The van der Waals surface area contributed by atoms with Crippen molar-refractivity contribution in [1.29, 1.82) is 0 Å². The Bertz CT molecular complexity index is 1370. The van der Waals surface area contributed by atoms with Crippen LogP contribution in [-0.4, -0.2) is 58.4 Å². The van der Waals surface area contributed by atoms with E-state index in [1.165, 1.54) is 13.2 Å². The fourth-order valence-electron chi connectivity index (χ4n) is 7.12. The van der Waals surface area contributed by atoms with Gasteiger partial charge in [-0.25, -0.2) is 8.78 Å². The Labute approximate surface area is 307 Å². The minimum atomic E-state index is -2.66. The van der Waals surface area contributed by atoms with Gasteiger partial charge in [0, 0.05) is 33.0 Å². The SMILES string of the molecule is CCCCCCCC(F)(F)CCCCCC/C=C/[C@H](C(=O)N1C(=O)SC(c2ccccc2)(c2ccccc2)[C@@H]1C(C)C)[C@@](O)(CCOC)C(=O)[O-]. The number of allylic oxidation sites excluding steroid dienone is 1. The molecule has 0 radical (unpaired) electrons. The molecule has 10 heteroatoms. The van der Waals surface area contributed by atoms with Gasteiger partial charge in [-0.1, -0.05) is 132 Å². The van der Waals surface area contributed by atoms with Crippen LogP contribution < -0.4 is 5.11 Å². The van der Waals surface area contributed by atoms with E-state index in [4.69, 9.17) is 4.74 Å². The van der Waals surface area contributed by atoms with Crippen LogP contribution in [0.15, 0.2) is 72.8 Å². The van der Waals surface area contributed by atoms with Crippen LogP contribution in [0.3, 0.4) is 0 Å². The lowest BCUT2D eigenvalue weighted by atomic mass is 9.77. The maximum absolute atomic E-state index is 14.6. The minimum Gasteiger partial charge on any atom is -0.547 e. The molecule has 1 aliphatic heterocycles. The van der Waals surface area contributed by atoms with Gasteiger partial charge in [0.1, 0.15) is 5.60 Å². The average molecular weight is 729 g/mol. The second kappa shape index (κ2) is 20.2. The zero-order valence-electron chi connectivity index (χ0n) is 30.7. The number of imide groups is 1. The van der Waals surface area contributed by atoms with Crippen molar-refractivity contribution in [3.63, 3.8) is 0 Å². The predicted octanol–water partition coefficient (Wildman–Crippen LogP) is 8.68. The van der Waals surface area contributed by atoms with Crippen LogP contribution in [0.25, 0.3) is 0 Å². The minimum absolute atomic E-state index is 0.0766. The number of hydrogen-bond donors (Lipinski definition) is 1. The van der Waals surface area contributed by atoms with Crippen molar-refractivity contribution in [1.82, 2.24) is 4.90 Å². The highest BCUT2D eigenvalue weighted by atomic mass is 32.2. The summed E-state index contributed by atoms with van der Waals surface area (Å²) in [6.07, 6.45) is 9.62. The molecule has 51 heavy (non-hydrogen) atoms. The monoisotopic (exact) mass is 728 g/mol. The number of methoxy groups -OCH3 is 1. The molecule has 7 nitrogen and oxygen atoms in total. The molecule has 0 aliphatic carbocycles. The van der Waals surface area contributed by atoms with Gasteiger partial charge >= 0.3 is 0 Å². The molecule has 0 saturated carbocycles. The van der Waals surface area contributed by atoms with Crippen molar-refractivity contribution >= 4 is 28.9 Å². The third-order valence-corrected chi connectivity index (χ3v) is 11.3. The molecule has 282 valence electrons.